The predicted molar refractivity (Wildman–Crippen MR) is 69.3 cm³/mol. The molecule has 0 unspecified atom stereocenters. The molecule has 0 fully saturated rings. The summed E-state index contributed by atoms with van der Waals surface area (Å²) in [6.45, 7) is 1.82. The molecule has 0 bridgehead atoms. The van der Waals surface area contributed by atoms with Gasteiger partial charge in [0.05, 0.1) is 11.4 Å². The highest BCUT2D eigenvalue weighted by atomic mass is 79.9. The van der Waals surface area contributed by atoms with Crippen LogP contribution in [0.15, 0.2) is 33.9 Å². The van der Waals surface area contributed by atoms with Gasteiger partial charge in [0.15, 0.2) is 0 Å². The molecule has 0 amide bonds. The largest absolute Gasteiger partial charge is 0.262 e. The molecule has 0 saturated heterocycles. The maximum absolute atomic E-state index is 12.1. The number of hydrogen-bond acceptors (Lipinski definition) is 4. The fourth-order valence-corrected chi connectivity index (χ4v) is 3.19. The van der Waals surface area contributed by atoms with Gasteiger partial charge in [-0.05, 0) is 24.6 Å². The maximum Gasteiger partial charge on any atom is 0.241 e. The first-order chi connectivity index (χ1) is 8.49. The molecule has 0 spiro atoms. The minimum atomic E-state index is -3.56. The van der Waals surface area contributed by atoms with Crippen LogP contribution in [-0.4, -0.2) is 23.6 Å². The van der Waals surface area contributed by atoms with Crippen LogP contribution in [-0.2, 0) is 16.6 Å². The van der Waals surface area contributed by atoms with Crippen LogP contribution in [0, 0.1) is 6.92 Å². The second-order valence-corrected chi connectivity index (χ2v) is 6.32. The van der Waals surface area contributed by atoms with Gasteiger partial charge >= 0.3 is 0 Å². The second-order valence-electron chi connectivity index (χ2n) is 3.67. The van der Waals surface area contributed by atoms with Crippen molar-refractivity contribution in [3.8, 4) is 0 Å². The lowest BCUT2D eigenvalue weighted by Gasteiger charge is -2.08. The van der Waals surface area contributed by atoms with Gasteiger partial charge in [-0.3, -0.25) is 5.10 Å². The fourth-order valence-electron chi connectivity index (χ4n) is 1.42. The third kappa shape index (κ3) is 2.95. The molecule has 8 heteroatoms. The topological polar surface area (TPSA) is 87.7 Å². The molecule has 0 saturated carbocycles. The molecule has 0 aliphatic heterocycles. The maximum atomic E-state index is 12.1. The third-order valence-corrected chi connectivity index (χ3v) is 4.37. The first-order valence-corrected chi connectivity index (χ1v) is 7.37. The number of sulfonamides is 1. The highest BCUT2D eigenvalue weighted by Crippen LogP contribution is 2.20. The zero-order chi connectivity index (χ0) is 13.2. The van der Waals surface area contributed by atoms with Crippen LogP contribution in [0.1, 0.15) is 11.4 Å². The Morgan fingerprint density at radius 2 is 2.22 bits per heavy atom. The number of rotatable bonds is 4. The van der Waals surface area contributed by atoms with Crippen molar-refractivity contribution in [2.24, 2.45) is 0 Å². The average Bonchev–Trinajstić information content (AvgIpc) is 2.83. The highest BCUT2D eigenvalue weighted by Gasteiger charge is 2.17. The van der Waals surface area contributed by atoms with Gasteiger partial charge in [-0.15, -0.1) is 0 Å². The van der Waals surface area contributed by atoms with Crippen molar-refractivity contribution in [1.29, 1.82) is 0 Å². The number of aromatic nitrogens is 3. The van der Waals surface area contributed by atoms with Crippen molar-refractivity contribution in [3.05, 3.63) is 40.4 Å². The number of aromatic amines is 1. The molecule has 2 rings (SSSR count). The Morgan fingerprint density at radius 1 is 1.44 bits per heavy atom. The van der Waals surface area contributed by atoms with Crippen LogP contribution >= 0.6 is 15.9 Å². The zero-order valence-electron chi connectivity index (χ0n) is 9.51. The molecule has 1 aromatic heterocycles. The summed E-state index contributed by atoms with van der Waals surface area (Å²) in [5.74, 6) is 0.464. The van der Waals surface area contributed by atoms with Gasteiger partial charge in [-0.1, -0.05) is 22.0 Å². The van der Waals surface area contributed by atoms with E-state index in [1.165, 1.54) is 6.33 Å². The average molecular weight is 331 g/mol. The van der Waals surface area contributed by atoms with E-state index in [1.807, 2.05) is 0 Å². The number of aryl methyl sites for hydroxylation is 1. The predicted octanol–water partition coefficient (Wildman–Crippen LogP) is 1.35. The van der Waals surface area contributed by atoms with Crippen LogP contribution in [0.5, 0.6) is 0 Å². The molecule has 1 aromatic carbocycles. The van der Waals surface area contributed by atoms with Crippen molar-refractivity contribution >= 4 is 26.0 Å². The lowest BCUT2D eigenvalue weighted by molar-refractivity contribution is 0.578. The van der Waals surface area contributed by atoms with E-state index in [4.69, 9.17) is 0 Å². The summed E-state index contributed by atoms with van der Waals surface area (Å²) in [6.07, 6.45) is 1.33. The van der Waals surface area contributed by atoms with E-state index in [0.717, 1.165) is 0 Å². The van der Waals surface area contributed by atoms with Crippen molar-refractivity contribution in [2.75, 3.05) is 0 Å². The van der Waals surface area contributed by atoms with Gasteiger partial charge < -0.3 is 0 Å². The van der Waals surface area contributed by atoms with E-state index in [1.54, 1.807) is 25.1 Å². The van der Waals surface area contributed by atoms with Crippen LogP contribution in [0.4, 0.5) is 0 Å². The lowest BCUT2D eigenvalue weighted by atomic mass is 10.2. The first-order valence-electron chi connectivity index (χ1n) is 5.09. The van der Waals surface area contributed by atoms with Crippen molar-refractivity contribution in [2.45, 2.75) is 18.4 Å². The SMILES string of the molecule is Cc1ccc(Br)cc1S(=O)(=O)NCc1ncn[nH]1. The van der Waals surface area contributed by atoms with Crippen molar-refractivity contribution in [1.82, 2.24) is 19.9 Å². The third-order valence-electron chi connectivity index (χ3n) is 2.33. The van der Waals surface area contributed by atoms with Crippen LogP contribution < -0.4 is 4.72 Å². The molecule has 0 aliphatic rings. The lowest BCUT2D eigenvalue weighted by Crippen LogP contribution is -2.24. The highest BCUT2D eigenvalue weighted by molar-refractivity contribution is 9.10. The van der Waals surface area contributed by atoms with Gasteiger partial charge in [0.1, 0.15) is 12.2 Å². The summed E-state index contributed by atoms with van der Waals surface area (Å²) in [4.78, 5) is 4.10. The molecule has 6 nitrogen and oxygen atoms in total. The number of H-pyrrole nitrogens is 1. The molecule has 0 aliphatic carbocycles. The molecule has 2 aromatic rings. The molecule has 1 heterocycles. The van der Waals surface area contributed by atoms with Gasteiger partial charge in [0.2, 0.25) is 10.0 Å². The summed E-state index contributed by atoms with van der Waals surface area (Å²) in [6, 6.07) is 5.11. The van der Waals surface area contributed by atoms with Gasteiger partial charge in [0, 0.05) is 4.47 Å². The Hall–Kier alpha value is -1.25. The monoisotopic (exact) mass is 330 g/mol. The van der Waals surface area contributed by atoms with Gasteiger partial charge in [-0.25, -0.2) is 18.1 Å². The minimum absolute atomic E-state index is 0.0777. The summed E-state index contributed by atoms with van der Waals surface area (Å²) in [5.41, 5.74) is 0.684. The summed E-state index contributed by atoms with van der Waals surface area (Å²) < 4.78 is 27.4. The molecule has 18 heavy (non-hydrogen) atoms. The minimum Gasteiger partial charge on any atom is -0.262 e. The summed E-state index contributed by atoms with van der Waals surface area (Å²) in [7, 11) is -3.56. The van der Waals surface area contributed by atoms with Crippen LogP contribution in [0.2, 0.25) is 0 Å². The van der Waals surface area contributed by atoms with E-state index in [9.17, 15) is 8.42 Å². The zero-order valence-corrected chi connectivity index (χ0v) is 11.9. The number of halogens is 1. The second kappa shape index (κ2) is 5.17. The normalized spacial score (nSPS) is 11.7. The first kappa shape index (κ1) is 13.2. The summed E-state index contributed by atoms with van der Waals surface area (Å²) >= 11 is 3.26. The van der Waals surface area contributed by atoms with Crippen LogP contribution in [0.25, 0.3) is 0 Å². The molecular formula is C10H11BrN4O2S. The van der Waals surface area contributed by atoms with Crippen molar-refractivity contribution in [3.63, 3.8) is 0 Å². The van der Waals surface area contributed by atoms with E-state index in [0.29, 0.717) is 15.9 Å². The van der Waals surface area contributed by atoms with E-state index in [-0.39, 0.29) is 11.4 Å². The molecular weight excluding hydrogens is 320 g/mol. The Morgan fingerprint density at radius 3 is 2.89 bits per heavy atom. The number of nitrogens with one attached hydrogen (secondary N) is 2. The number of benzene rings is 1. The number of hydrogen-bond donors (Lipinski definition) is 2. The smallest absolute Gasteiger partial charge is 0.241 e. The molecule has 96 valence electrons. The Balaban J connectivity index is 2.22. The Bertz CT molecular complexity index is 640. The van der Waals surface area contributed by atoms with Crippen LogP contribution in [0.3, 0.4) is 0 Å². The Labute approximate surface area is 113 Å². The number of nitrogens with zero attached hydrogens (tertiary/aromatic N) is 2. The van der Waals surface area contributed by atoms with E-state index < -0.39 is 10.0 Å². The Kier molecular flexibility index (Phi) is 3.79. The standard InChI is InChI=1S/C10H11BrN4O2S/c1-7-2-3-8(11)4-9(7)18(16,17)14-5-10-12-6-13-15-10/h2-4,6,14H,5H2,1H3,(H,12,13,15). The molecule has 0 atom stereocenters. The fraction of sp³-hybridized carbons (Fsp3) is 0.200. The quantitative estimate of drug-likeness (QED) is 0.885. The molecule has 0 radical (unpaired) electrons. The van der Waals surface area contributed by atoms with Gasteiger partial charge in [-0.2, -0.15) is 5.10 Å². The summed E-state index contributed by atoms with van der Waals surface area (Å²) in [5, 5.41) is 6.24. The van der Waals surface area contributed by atoms with Gasteiger partial charge in [0.25, 0.3) is 0 Å². The molecule has 2 N–H and O–H groups in total. The van der Waals surface area contributed by atoms with E-state index >= 15 is 0 Å². The van der Waals surface area contributed by atoms with Crippen molar-refractivity contribution < 1.29 is 8.42 Å². The van der Waals surface area contributed by atoms with E-state index in [2.05, 4.69) is 35.8 Å².